The molecule has 1 N–H and O–H groups in total. The van der Waals surface area contributed by atoms with E-state index in [1.807, 2.05) is 36.6 Å². The minimum absolute atomic E-state index is 0.0912. The molecule has 4 heteroatoms. The number of benzene rings is 1. The second kappa shape index (κ2) is 6.57. The van der Waals surface area contributed by atoms with Crippen molar-refractivity contribution in [2.24, 2.45) is 0 Å². The maximum Gasteiger partial charge on any atom is 0.252 e. The number of nitrogens with zero attached hydrogens (tertiary/aromatic N) is 1. The Morgan fingerprint density at radius 3 is 2.67 bits per heavy atom. The summed E-state index contributed by atoms with van der Waals surface area (Å²) in [5.41, 5.74) is 5.60. The summed E-state index contributed by atoms with van der Waals surface area (Å²) in [5, 5.41) is 5.84. The van der Waals surface area contributed by atoms with Crippen LogP contribution >= 0.6 is 11.3 Å². The van der Waals surface area contributed by atoms with Crippen LogP contribution in [0.1, 0.15) is 28.4 Å². The highest BCUT2D eigenvalue weighted by atomic mass is 32.1. The van der Waals surface area contributed by atoms with Crippen LogP contribution in [0, 0.1) is 13.8 Å². The van der Waals surface area contributed by atoms with E-state index >= 15 is 0 Å². The molecule has 1 amide bonds. The summed E-state index contributed by atoms with van der Waals surface area (Å²) < 4.78 is 0. The van der Waals surface area contributed by atoms with Gasteiger partial charge in [0.05, 0.1) is 21.7 Å². The van der Waals surface area contributed by atoms with Gasteiger partial charge in [-0.1, -0.05) is 18.2 Å². The second-order valence-electron chi connectivity index (χ2n) is 6.13. The third-order valence-electron chi connectivity index (χ3n) is 3.99. The molecule has 0 unspecified atom stereocenters. The molecule has 24 heavy (non-hydrogen) atoms. The number of nitrogens with one attached hydrogen (secondary N) is 1. The van der Waals surface area contributed by atoms with Gasteiger partial charge in [-0.25, -0.2) is 4.98 Å². The van der Waals surface area contributed by atoms with Crippen LogP contribution in [0.4, 0.5) is 0 Å². The fourth-order valence-electron chi connectivity index (χ4n) is 2.55. The lowest BCUT2D eigenvalue weighted by Gasteiger charge is -2.12. The predicted molar refractivity (Wildman–Crippen MR) is 102 cm³/mol. The summed E-state index contributed by atoms with van der Waals surface area (Å²) in [5.74, 6) is -0.0912. The van der Waals surface area contributed by atoms with Gasteiger partial charge in [0.25, 0.3) is 5.91 Å². The highest BCUT2D eigenvalue weighted by Crippen LogP contribution is 2.29. The number of thiophene rings is 1. The quantitative estimate of drug-likeness (QED) is 0.690. The van der Waals surface area contributed by atoms with E-state index in [4.69, 9.17) is 4.98 Å². The Hall–Kier alpha value is -2.46. The molecular formula is C20H20N2OS. The number of pyridine rings is 1. The molecule has 3 nitrogen and oxygen atoms in total. The van der Waals surface area contributed by atoms with Crippen molar-refractivity contribution in [3.05, 3.63) is 64.6 Å². The molecule has 0 saturated carbocycles. The molecular weight excluding hydrogens is 316 g/mol. The summed E-state index contributed by atoms with van der Waals surface area (Å²) in [4.78, 5) is 18.5. The lowest BCUT2D eigenvalue weighted by atomic mass is 10.0. The molecule has 0 spiro atoms. The summed E-state index contributed by atoms with van der Waals surface area (Å²) in [6.07, 6.45) is 0. The highest BCUT2D eigenvalue weighted by molar-refractivity contribution is 7.13. The molecule has 0 radical (unpaired) electrons. The molecule has 2 heterocycles. The Morgan fingerprint density at radius 1 is 1.25 bits per heavy atom. The Labute approximate surface area is 146 Å². The van der Waals surface area contributed by atoms with Gasteiger partial charge < -0.3 is 5.32 Å². The third-order valence-corrected chi connectivity index (χ3v) is 4.89. The van der Waals surface area contributed by atoms with Crippen LogP contribution in [-0.4, -0.2) is 17.4 Å². The maximum absolute atomic E-state index is 12.7. The van der Waals surface area contributed by atoms with Gasteiger partial charge in [-0.2, -0.15) is 0 Å². The molecule has 2 aromatic heterocycles. The fraction of sp³-hybridized carbons (Fsp3) is 0.200. The number of hydrogen-bond acceptors (Lipinski definition) is 3. The summed E-state index contributed by atoms with van der Waals surface area (Å²) in [7, 11) is 0. The van der Waals surface area contributed by atoms with Gasteiger partial charge in [0.2, 0.25) is 0 Å². The average Bonchev–Trinajstić information content (AvgIpc) is 3.07. The lowest BCUT2D eigenvalue weighted by Crippen LogP contribution is -2.25. The van der Waals surface area contributed by atoms with Crippen molar-refractivity contribution in [1.29, 1.82) is 0 Å². The minimum atomic E-state index is -0.0912. The van der Waals surface area contributed by atoms with Crippen molar-refractivity contribution in [1.82, 2.24) is 10.3 Å². The Morgan fingerprint density at radius 2 is 2.00 bits per heavy atom. The minimum Gasteiger partial charge on any atom is -0.348 e. The van der Waals surface area contributed by atoms with E-state index in [0.717, 1.165) is 32.6 Å². The largest absolute Gasteiger partial charge is 0.348 e. The van der Waals surface area contributed by atoms with Crippen LogP contribution in [-0.2, 0) is 0 Å². The molecule has 0 saturated heterocycles. The summed E-state index contributed by atoms with van der Waals surface area (Å²) >= 11 is 1.62. The Kier molecular flexibility index (Phi) is 4.49. The molecule has 1 aromatic carbocycles. The second-order valence-corrected chi connectivity index (χ2v) is 7.07. The van der Waals surface area contributed by atoms with Gasteiger partial charge >= 0.3 is 0 Å². The average molecular weight is 336 g/mol. The van der Waals surface area contributed by atoms with Crippen molar-refractivity contribution in [2.75, 3.05) is 6.54 Å². The van der Waals surface area contributed by atoms with Crippen LogP contribution < -0.4 is 5.32 Å². The molecule has 3 rings (SSSR count). The van der Waals surface area contributed by atoms with Crippen LogP contribution in [0.15, 0.2) is 47.9 Å². The topological polar surface area (TPSA) is 42.0 Å². The van der Waals surface area contributed by atoms with Crippen LogP contribution in [0.2, 0.25) is 0 Å². The van der Waals surface area contributed by atoms with Crippen LogP contribution in [0.3, 0.4) is 0 Å². The highest BCUT2D eigenvalue weighted by Gasteiger charge is 2.15. The molecule has 0 aliphatic rings. The smallest absolute Gasteiger partial charge is 0.252 e. The first-order chi connectivity index (χ1) is 11.5. The molecule has 0 bridgehead atoms. The third kappa shape index (κ3) is 3.24. The van der Waals surface area contributed by atoms with Gasteiger partial charge in [-0.15, -0.1) is 11.3 Å². The number of hydrogen-bond donors (Lipinski definition) is 1. The lowest BCUT2D eigenvalue weighted by molar-refractivity contribution is 0.0958. The first-order valence-corrected chi connectivity index (χ1v) is 8.72. The Balaban J connectivity index is 2.18. The maximum atomic E-state index is 12.7. The molecule has 0 aliphatic carbocycles. The number of aromatic nitrogens is 1. The summed E-state index contributed by atoms with van der Waals surface area (Å²) in [6.45, 7) is 10.3. The van der Waals surface area contributed by atoms with Crippen molar-refractivity contribution in [2.45, 2.75) is 20.8 Å². The van der Waals surface area contributed by atoms with Crippen LogP contribution in [0.25, 0.3) is 21.5 Å². The van der Waals surface area contributed by atoms with Crippen LogP contribution in [0.5, 0.6) is 0 Å². The monoisotopic (exact) mass is 336 g/mol. The molecule has 0 aliphatic heterocycles. The molecule has 122 valence electrons. The fourth-order valence-corrected chi connectivity index (χ4v) is 3.24. The number of amides is 1. The van der Waals surface area contributed by atoms with Crippen molar-refractivity contribution in [3.8, 4) is 10.6 Å². The van der Waals surface area contributed by atoms with Gasteiger partial charge in [0.15, 0.2) is 0 Å². The van der Waals surface area contributed by atoms with E-state index in [-0.39, 0.29) is 5.91 Å². The zero-order valence-electron chi connectivity index (χ0n) is 14.1. The van der Waals surface area contributed by atoms with E-state index < -0.39 is 0 Å². The van der Waals surface area contributed by atoms with E-state index in [0.29, 0.717) is 12.1 Å². The van der Waals surface area contributed by atoms with Crippen molar-refractivity contribution < 1.29 is 4.79 Å². The SMILES string of the molecule is C=C(C)CNC(=O)c1cc(-c2cccs2)nc2cc(C)c(C)cc12. The normalized spacial score (nSPS) is 10.8. The van der Waals surface area contributed by atoms with E-state index in [2.05, 4.69) is 31.8 Å². The van der Waals surface area contributed by atoms with Crippen molar-refractivity contribution >= 4 is 28.1 Å². The number of carbonyl (C=O) groups excluding carboxylic acids is 1. The zero-order chi connectivity index (χ0) is 17.3. The van der Waals surface area contributed by atoms with Crippen molar-refractivity contribution in [3.63, 3.8) is 0 Å². The van der Waals surface area contributed by atoms with E-state index in [9.17, 15) is 4.79 Å². The van der Waals surface area contributed by atoms with Gasteiger partial charge in [0.1, 0.15) is 0 Å². The van der Waals surface area contributed by atoms with E-state index in [1.165, 1.54) is 5.56 Å². The molecule has 3 aromatic rings. The van der Waals surface area contributed by atoms with E-state index in [1.54, 1.807) is 11.3 Å². The number of fused-ring (bicyclic) bond motifs is 1. The van der Waals surface area contributed by atoms with Gasteiger partial charge in [-0.3, -0.25) is 4.79 Å². The number of rotatable bonds is 4. The first kappa shape index (κ1) is 16.4. The predicted octanol–water partition coefficient (Wildman–Crippen LogP) is 4.89. The number of carbonyl (C=O) groups is 1. The number of aryl methyl sites for hydroxylation is 2. The Bertz CT molecular complexity index is 926. The zero-order valence-corrected chi connectivity index (χ0v) is 15.0. The van der Waals surface area contributed by atoms with Gasteiger partial charge in [0, 0.05) is 11.9 Å². The molecule has 0 atom stereocenters. The molecule has 0 fully saturated rings. The standard InChI is InChI=1S/C20H20N2OS/c1-12(2)11-21-20(23)16-10-18(19-6-5-7-24-19)22-17-9-14(4)13(3)8-15(16)17/h5-10H,1,11H2,2-4H3,(H,21,23). The van der Waals surface area contributed by atoms with Gasteiger partial charge in [-0.05, 0) is 61.5 Å². The summed E-state index contributed by atoms with van der Waals surface area (Å²) in [6, 6.07) is 10.0. The first-order valence-electron chi connectivity index (χ1n) is 7.84.